The molecule has 0 atom stereocenters. The fraction of sp³-hybridized carbons (Fsp3) is 0.167. The maximum Gasteiger partial charge on any atom is 0.200 e. The van der Waals surface area contributed by atoms with E-state index in [1.165, 1.54) is 0 Å². The molecule has 10 heavy (non-hydrogen) atoms. The first kappa shape index (κ1) is 5.73. The molecular formula is C6H6N2OS. The maximum absolute atomic E-state index is 5.66. The van der Waals surface area contributed by atoms with E-state index >= 15 is 0 Å². The number of nitrogen functional groups attached to an aromatic ring is 1. The molecule has 0 aliphatic rings. The van der Waals surface area contributed by atoms with Gasteiger partial charge in [-0.2, -0.15) is 0 Å². The highest BCUT2D eigenvalue weighted by Crippen LogP contribution is 2.31. The SMILES string of the molecule is Cc1sc2cnoc2c1N. The van der Waals surface area contributed by atoms with Crippen LogP contribution in [-0.2, 0) is 0 Å². The largest absolute Gasteiger partial charge is 0.395 e. The molecular weight excluding hydrogens is 148 g/mol. The van der Waals surface area contributed by atoms with E-state index < -0.39 is 0 Å². The number of thiophene rings is 1. The number of hydrogen-bond donors (Lipinski definition) is 1. The molecule has 2 aromatic heterocycles. The normalized spacial score (nSPS) is 10.9. The summed E-state index contributed by atoms with van der Waals surface area (Å²) < 4.78 is 5.93. The molecule has 0 fully saturated rings. The van der Waals surface area contributed by atoms with Crippen LogP contribution in [0.2, 0.25) is 0 Å². The summed E-state index contributed by atoms with van der Waals surface area (Å²) in [4.78, 5) is 1.09. The van der Waals surface area contributed by atoms with E-state index in [1.807, 2.05) is 6.92 Å². The predicted molar refractivity (Wildman–Crippen MR) is 41.0 cm³/mol. The number of fused-ring (bicyclic) bond motifs is 1. The molecule has 0 bridgehead atoms. The molecule has 0 radical (unpaired) electrons. The van der Waals surface area contributed by atoms with Crippen molar-refractivity contribution in [3.8, 4) is 0 Å². The summed E-state index contributed by atoms with van der Waals surface area (Å²) in [5, 5.41) is 3.62. The molecule has 0 aromatic carbocycles. The van der Waals surface area contributed by atoms with Crippen LogP contribution in [0.1, 0.15) is 4.88 Å². The summed E-state index contributed by atoms with van der Waals surface area (Å²) in [7, 11) is 0. The zero-order valence-electron chi connectivity index (χ0n) is 5.42. The van der Waals surface area contributed by atoms with E-state index in [1.54, 1.807) is 17.5 Å². The van der Waals surface area contributed by atoms with Gasteiger partial charge in [0.15, 0.2) is 0 Å². The summed E-state index contributed by atoms with van der Waals surface area (Å²) in [5.74, 6) is 0. The van der Waals surface area contributed by atoms with Gasteiger partial charge in [-0.25, -0.2) is 0 Å². The molecule has 0 amide bonds. The quantitative estimate of drug-likeness (QED) is 0.629. The summed E-state index contributed by atoms with van der Waals surface area (Å²) >= 11 is 1.60. The van der Waals surface area contributed by atoms with Gasteiger partial charge in [0.05, 0.1) is 16.6 Å². The number of rotatable bonds is 0. The Bertz CT molecular complexity index is 363. The Morgan fingerprint density at radius 3 is 3.20 bits per heavy atom. The van der Waals surface area contributed by atoms with Crippen molar-refractivity contribution < 1.29 is 4.52 Å². The molecule has 0 saturated heterocycles. The van der Waals surface area contributed by atoms with Gasteiger partial charge >= 0.3 is 0 Å². The van der Waals surface area contributed by atoms with E-state index in [-0.39, 0.29) is 0 Å². The van der Waals surface area contributed by atoms with Crippen molar-refractivity contribution in [3.05, 3.63) is 11.1 Å². The Balaban J connectivity index is 2.95. The Labute approximate surface area is 61.4 Å². The molecule has 0 unspecified atom stereocenters. The first-order chi connectivity index (χ1) is 4.79. The summed E-state index contributed by atoms with van der Waals surface area (Å²) in [6.45, 7) is 1.97. The molecule has 0 saturated carbocycles. The van der Waals surface area contributed by atoms with Gasteiger partial charge in [0.25, 0.3) is 0 Å². The van der Waals surface area contributed by atoms with Crippen LogP contribution in [0.15, 0.2) is 10.7 Å². The third kappa shape index (κ3) is 0.565. The summed E-state index contributed by atoms with van der Waals surface area (Å²) in [5.41, 5.74) is 7.10. The molecule has 2 N–H and O–H groups in total. The van der Waals surface area contributed by atoms with Gasteiger partial charge in [-0.15, -0.1) is 11.3 Å². The lowest BCUT2D eigenvalue weighted by Gasteiger charge is -1.83. The van der Waals surface area contributed by atoms with Gasteiger partial charge in [0.1, 0.15) is 0 Å². The van der Waals surface area contributed by atoms with Crippen molar-refractivity contribution in [2.24, 2.45) is 0 Å². The molecule has 2 aromatic rings. The Morgan fingerprint density at radius 1 is 1.70 bits per heavy atom. The lowest BCUT2D eigenvalue weighted by Crippen LogP contribution is -1.81. The number of hydrogen-bond acceptors (Lipinski definition) is 4. The van der Waals surface area contributed by atoms with Crippen LogP contribution in [0.5, 0.6) is 0 Å². The lowest BCUT2D eigenvalue weighted by atomic mass is 10.4. The topological polar surface area (TPSA) is 52.0 Å². The van der Waals surface area contributed by atoms with Gasteiger partial charge in [-0.1, -0.05) is 5.16 Å². The first-order valence-electron chi connectivity index (χ1n) is 2.88. The lowest BCUT2D eigenvalue weighted by molar-refractivity contribution is 0.457. The van der Waals surface area contributed by atoms with E-state index in [0.717, 1.165) is 20.8 Å². The minimum atomic E-state index is 0.720. The number of nitrogens with two attached hydrogens (primary N) is 1. The van der Waals surface area contributed by atoms with Crippen LogP contribution in [-0.4, -0.2) is 5.16 Å². The third-order valence-electron chi connectivity index (χ3n) is 1.42. The zero-order valence-corrected chi connectivity index (χ0v) is 6.23. The zero-order chi connectivity index (χ0) is 7.14. The second-order valence-corrected chi connectivity index (χ2v) is 3.35. The van der Waals surface area contributed by atoms with Crippen LogP contribution in [0.3, 0.4) is 0 Å². The van der Waals surface area contributed by atoms with Gasteiger partial charge in [-0.05, 0) is 6.92 Å². The fourth-order valence-corrected chi connectivity index (χ4v) is 1.73. The van der Waals surface area contributed by atoms with Crippen LogP contribution in [0.4, 0.5) is 5.69 Å². The Kier molecular flexibility index (Phi) is 0.990. The van der Waals surface area contributed by atoms with Crippen molar-refractivity contribution in [1.82, 2.24) is 5.16 Å². The van der Waals surface area contributed by atoms with E-state index in [0.29, 0.717) is 0 Å². The van der Waals surface area contributed by atoms with Crippen molar-refractivity contribution in [2.45, 2.75) is 6.92 Å². The predicted octanol–water partition coefficient (Wildman–Crippen LogP) is 1.78. The van der Waals surface area contributed by atoms with Crippen LogP contribution in [0.25, 0.3) is 10.3 Å². The van der Waals surface area contributed by atoms with Crippen LogP contribution >= 0.6 is 11.3 Å². The van der Waals surface area contributed by atoms with Crippen LogP contribution < -0.4 is 5.73 Å². The highest BCUT2D eigenvalue weighted by atomic mass is 32.1. The minimum Gasteiger partial charge on any atom is -0.395 e. The molecule has 4 heteroatoms. The van der Waals surface area contributed by atoms with Crippen molar-refractivity contribution in [2.75, 3.05) is 5.73 Å². The summed E-state index contributed by atoms with van der Waals surface area (Å²) in [6.07, 6.45) is 1.68. The average molecular weight is 154 g/mol. The molecule has 3 nitrogen and oxygen atoms in total. The third-order valence-corrected chi connectivity index (χ3v) is 2.46. The average Bonchev–Trinajstić information content (AvgIpc) is 2.41. The van der Waals surface area contributed by atoms with Crippen molar-refractivity contribution in [1.29, 1.82) is 0 Å². The minimum absolute atomic E-state index is 0.720. The highest BCUT2D eigenvalue weighted by Gasteiger charge is 2.08. The van der Waals surface area contributed by atoms with Gasteiger partial charge < -0.3 is 10.3 Å². The van der Waals surface area contributed by atoms with Crippen molar-refractivity contribution in [3.63, 3.8) is 0 Å². The second-order valence-electron chi connectivity index (χ2n) is 2.09. The smallest absolute Gasteiger partial charge is 0.200 e. The van der Waals surface area contributed by atoms with E-state index in [9.17, 15) is 0 Å². The molecule has 52 valence electrons. The molecule has 2 heterocycles. The Morgan fingerprint density at radius 2 is 2.50 bits per heavy atom. The molecule has 0 aliphatic carbocycles. The molecule has 0 spiro atoms. The standard InChI is InChI=1S/C6H6N2OS/c1-3-5(7)6-4(10-3)2-8-9-6/h2H,7H2,1H3. The molecule has 2 rings (SSSR count). The first-order valence-corrected chi connectivity index (χ1v) is 3.70. The number of anilines is 1. The number of aromatic nitrogens is 1. The van der Waals surface area contributed by atoms with E-state index in [4.69, 9.17) is 10.3 Å². The monoisotopic (exact) mass is 154 g/mol. The van der Waals surface area contributed by atoms with Crippen molar-refractivity contribution >= 4 is 27.3 Å². The number of nitrogens with zero attached hydrogens (tertiary/aromatic N) is 1. The van der Waals surface area contributed by atoms with E-state index in [2.05, 4.69) is 5.16 Å². The Hall–Kier alpha value is -1.03. The second kappa shape index (κ2) is 1.73. The van der Waals surface area contributed by atoms with Crippen LogP contribution in [0, 0.1) is 6.92 Å². The number of aryl methyl sites for hydroxylation is 1. The summed E-state index contributed by atoms with van der Waals surface area (Å²) in [6, 6.07) is 0. The highest BCUT2D eigenvalue weighted by molar-refractivity contribution is 7.19. The van der Waals surface area contributed by atoms with Gasteiger partial charge in [0.2, 0.25) is 5.58 Å². The molecule has 0 aliphatic heterocycles. The maximum atomic E-state index is 5.66. The van der Waals surface area contributed by atoms with Gasteiger partial charge in [-0.3, -0.25) is 0 Å². The fourth-order valence-electron chi connectivity index (χ4n) is 0.865. The van der Waals surface area contributed by atoms with Gasteiger partial charge in [0, 0.05) is 4.88 Å².